The van der Waals surface area contributed by atoms with Crippen LogP contribution in [0.15, 0.2) is 41.8 Å². The molecule has 0 bridgehead atoms. The van der Waals surface area contributed by atoms with Crippen LogP contribution in [0.5, 0.6) is 0 Å². The topological polar surface area (TPSA) is 60.1 Å². The Morgan fingerprint density at radius 2 is 1.95 bits per heavy atom. The molecule has 0 aliphatic heterocycles. The van der Waals surface area contributed by atoms with E-state index in [-0.39, 0.29) is 17.3 Å². The van der Waals surface area contributed by atoms with Gasteiger partial charge in [0.25, 0.3) is 0 Å². The van der Waals surface area contributed by atoms with Crippen LogP contribution in [0.2, 0.25) is 5.28 Å². The molecule has 21 heavy (non-hydrogen) atoms. The van der Waals surface area contributed by atoms with E-state index >= 15 is 0 Å². The van der Waals surface area contributed by atoms with Gasteiger partial charge >= 0.3 is 12.1 Å². The van der Waals surface area contributed by atoms with Gasteiger partial charge in [-0.15, -0.1) is 0 Å². The normalized spacial score (nSPS) is 12.5. The van der Waals surface area contributed by atoms with Crippen LogP contribution in [0.1, 0.15) is 5.56 Å². The second-order valence-electron chi connectivity index (χ2n) is 3.96. The lowest BCUT2D eigenvalue weighted by Gasteiger charge is -2.07. The minimum atomic E-state index is -5.00. The summed E-state index contributed by atoms with van der Waals surface area (Å²) in [6, 6.07) is 4.39. The first-order valence-corrected chi connectivity index (χ1v) is 6.02. The van der Waals surface area contributed by atoms with Gasteiger partial charge in [-0.05, 0) is 23.7 Å². The number of rotatable bonds is 2. The van der Waals surface area contributed by atoms with Crippen LogP contribution in [-0.2, 0) is 11.3 Å². The highest BCUT2D eigenvalue weighted by molar-refractivity contribution is 6.28. The van der Waals surface area contributed by atoms with Gasteiger partial charge in [-0.3, -0.25) is 4.79 Å². The van der Waals surface area contributed by atoms with Crippen molar-refractivity contribution in [2.45, 2.75) is 12.7 Å². The van der Waals surface area contributed by atoms with Crippen molar-refractivity contribution in [2.24, 2.45) is 4.99 Å². The fourth-order valence-corrected chi connectivity index (χ4v) is 1.58. The summed E-state index contributed by atoms with van der Waals surface area (Å²) in [4.78, 5) is 21.5. The number of hydrogen-bond donors (Lipinski definition) is 0. The Morgan fingerprint density at radius 3 is 2.57 bits per heavy atom. The second-order valence-corrected chi connectivity index (χ2v) is 4.30. The minimum absolute atomic E-state index is 0.0639. The van der Waals surface area contributed by atoms with Crippen molar-refractivity contribution in [3.8, 4) is 0 Å². The average Bonchev–Trinajstić information content (AvgIpc) is 2.42. The van der Waals surface area contributed by atoms with Crippen LogP contribution in [0.25, 0.3) is 0 Å². The Kier molecular flexibility index (Phi) is 4.37. The van der Waals surface area contributed by atoms with Gasteiger partial charge in [0.2, 0.25) is 5.28 Å². The highest BCUT2D eigenvalue weighted by Gasteiger charge is 2.38. The monoisotopic (exact) mass is 316 g/mol. The third-order valence-electron chi connectivity index (χ3n) is 2.40. The van der Waals surface area contributed by atoms with E-state index in [1.807, 2.05) is 0 Å². The quantitative estimate of drug-likeness (QED) is 0.796. The Morgan fingerprint density at radius 1 is 1.29 bits per heavy atom. The molecule has 0 aromatic carbocycles. The predicted molar refractivity (Wildman–Crippen MR) is 67.2 cm³/mol. The SMILES string of the molecule is O=C(/N=c1\ccccn1Cc1cnc(Cl)nc1)C(F)(F)F. The fraction of sp³-hybridized carbons (Fsp3) is 0.167. The number of nitrogens with zero attached hydrogens (tertiary/aromatic N) is 4. The molecule has 1 amide bonds. The molecule has 0 saturated carbocycles. The maximum absolute atomic E-state index is 12.3. The second kappa shape index (κ2) is 6.04. The van der Waals surface area contributed by atoms with Crippen LogP contribution >= 0.6 is 11.6 Å². The zero-order valence-electron chi connectivity index (χ0n) is 10.4. The van der Waals surface area contributed by atoms with Crippen LogP contribution in [-0.4, -0.2) is 26.6 Å². The van der Waals surface area contributed by atoms with E-state index in [4.69, 9.17) is 11.6 Å². The molecule has 2 aromatic heterocycles. The van der Waals surface area contributed by atoms with Crippen molar-refractivity contribution in [3.05, 3.63) is 53.1 Å². The molecule has 0 fully saturated rings. The standard InChI is InChI=1S/C12H8ClF3N4O/c13-11-17-5-8(6-18-11)7-20-4-2-1-3-9(20)19-10(21)12(14,15)16/h1-6H,7H2/b19-9+. The van der Waals surface area contributed by atoms with Crippen molar-refractivity contribution in [2.75, 3.05) is 0 Å². The van der Waals surface area contributed by atoms with Crippen molar-refractivity contribution < 1.29 is 18.0 Å². The smallest absolute Gasteiger partial charge is 0.328 e. The molecule has 0 aliphatic rings. The first-order chi connectivity index (χ1) is 9.86. The van der Waals surface area contributed by atoms with E-state index in [2.05, 4.69) is 15.0 Å². The van der Waals surface area contributed by atoms with Gasteiger partial charge < -0.3 is 4.57 Å². The summed E-state index contributed by atoms with van der Waals surface area (Å²) in [6.45, 7) is 0.155. The summed E-state index contributed by atoms with van der Waals surface area (Å²) in [5.41, 5.74) is 0.487. The Balaban J connectivity index is 2.35. The number of carbonyl (C=O) groups is 1. The maximum atomic E-state index is 12.3. The molecular weight excluding hydrogens is 309 g/mol. The molecule has 0 saturated heterocycles. The van der Waals surface area contributed by atoms with Crippen LogP contribution < -0.4 is 5.49 Å². The molecule has 0 aliphatic carbocycles. The Labute approximate surface area is 121 Å². The number of carbonyl (C=O) groups excluding carboxylic acids is 1. The Hall–Kier alpha value is -2.22. The summed E-state index contributed by atoms with van der Waals surface area (Å²) >= 11 is 5.55. The van der Waals surface area contributed by atoms with E-state index in [0.29, 0.717) is 5.56 Å². The van der Waals surface area contributed by atoms with Crippen molar-refractivity contribution in [1.29, 1.82) is 0 Å². The fourth-order valence-electron chi connectivity index (χ4n) is 1.49. The first-order valence-electron chi connectivity index (χ1n) is 5.64. The lowest BCUT2D eigenvalue weighted by molar-refractivity contribution is -0.169. The van der Waals surface area contributed by atoms with E-state index in [0.717, 1.165) is 0 Å². The molecule has 0 radical (unpaired) electrons. The minimum Gasteiger partial charge on any atom is -0.328 e. The molecule has 5 nitrogen and oxygen atoms in total. The molecule has 0 unspecified atom stereocenters. The molecule has 2 rings (SSSR count). The maximum Gasteiger partial charge on any atom is 0.473 e. The highest BCUT2D eigenvalue weighted by atomic mass is 35.5. The van der Waals surface area contributed by atoms with Gasteiger partial charge in [0.05, 0.1) is 6.54 Å². The van der Waals surface area contributed by atoms with E-state index in [9.17, 15) is 18.0 Å². The summed E-state index contributed by atoms with van der Waals surface area (Å²) in [5, 5.41) is 0.0639. The zero-order valence-corrected chi connectivity index (χ0v) is 11.1. The van der Waals surface area contributed by atoms with Gasteiger partial charge in [0.15, 0.2) is 0 Å². The molecule has 2 heterocycles. The molecule has 9 heteroatoms. The van der Waals surface area contributed by atoms with E-state index < -0.39 is 12.1 Å². The third-order valence-corrected chi connectivity index (χ3v) is 2.60. The van der Waals surface area contributed by atoms with Crippen molar-refractivity contribution in [1.82, 2.24) is 14.5 Å². The highest BCUT2D eigenvalue weighted by Crippen LogP contribution is 2.15. The average molecular weight is 317 g/mol. The van der Waals surface area contributed by atoms with Gasteiger partial charge in [0, 0.05) is 24.2 Å². The predicted octanol–water partition coefficient (Wildman–Crippen LogP) is 1.97. The van der Waals surface area contributed by atoms with Crippen LogP contribution in [0, 0.1) is 0 Å². The van der Waals surface area contributed by atoms with Gasteiger partial charge in [-0.1, -0.05) is 6.07 Å². The first kappa shape index (κ1) is 15.2. The van der Waals surface area contributed by atoms with Gasteiger partial charge in [-0.2, -0.15) is 18.2 Å². The molecule has 2 aromatic rings. The molecule has 0 N–H and O–H groups in total. The summed E-state index contributed by atoms with van der Waals surface area (Å²) in [5.74, 6) is -2.16. The number of aromatic nitrogens is 3. The molecule has 110 valence electrons. The number of hydrogen-bond acceptors (Lipinski definition) is 3. The molecular formula is C12H8ClF3N4O. The third kappa shape index (κ3) is 4.12. The number of amides is 1. The van der Waals surface area contributed by atoms with Crippen molar-refractivity contribution in [3.63, 3.8) is 0 Å². The lowest BCUT2D eigenvalue weighted by atomic mass is 10.3. The summed E-state index contributed by atoms with van der Waals surface area (Å²) in [7, 11) is 0. The largest absolute Gasteiger partial charge is 0.473 e. The number of alkyl halides is 3. The van der Waals surface area contributed by atoms with Gasteiger partial charge in [-0.25, -0.2) is 9.97 Å². The Bertz CT molecular complexity index is 709. The van der Waals surface area contributed by atoms with Gasteiger partial charge in [0.1, 0.15) is 5.49 Å². The van der Waals surface area contributed by atoms with Crippen LogP contribution in [0.4, 0.5) is 13.2 Å². The van der Waals surface area contributed by atoms with E-state index in [1.165, 1.54) is 35.3 Å². The summed E-state index contributed by atoms with van der Waals surface area (Å²) < 4.78 is 38.1. The van der Waals surface area contributed by atoms with Crippen LogP contribution in [0.3, 0.4) is 0 Å². The molecule has 0 atom stereocenters. The molecule has 0 spiro atoms. The van der Waals surface area contributed by atoms with E-state index in [1.54, 1.807) is 6.07 Å². The number of halogens is 4. The number of pyridine rings is 1. The van der Waals surface area contributed by atoms with Crippen molar-refractivity contribution >= 4 is 17.5 Å². The lowest BCUT2D eigenvalue weighted by Crippen LogP contribution is -2.27. The summed E-state index contributed by atoms with van der Waals surface area (Å²) in [6.07, 6.45) is -0.635. The zero-order chi connectivity index (χ0) is 15.5.